The van der Waals surface area contributed by atoms with Crippen molar-refractivity contribution in [1.29, 1.82) is 0 Å². The van der Waals surface area contributed by atoms with E-state index in [0.29, 0.717) is 5.92 Å². The first-order valence-corrected chi connectivity index (χ1v) is 3.84. The van der Waals surface area contributed by atoms with Gasteiger partial charge in [0.1, 0.15) is 0 Å². The summed E-state index contributed by atoms with van der Waals surface area (Å²) in [6.07, 6.45) is 8.25. The molecule has 0 aliphatic carbocycles. The van der Waals surface area contributed by atoms with E-state index in [4.69, 9.17) is 0 Å². The molecule has 0 amide bonds. The van der Waals surface area contributed by atoms with Gasteiger partial charge in [-0.1, -0.05) is 38.2 Å². The third kappa shape index (κ3) is 7.83. The van der Waals surface area contributed by atoms with Gasteiger partial charge >= 0.3 is 0 Å². The van der Waals surface area contributed by atoms with Crippen molar-refractivity contribution in [2.45, 2.75) is 13.8 Å². The van der Waals surface area contributed by atoms with E-state index >= 15 is 0 Å². The normalized spacial score (nSPS) is 12.4. The van der Waals surface area contributed by atoms with Crippen molar-refractivity contribution in [3.63, 3.8) is 0 Å². The largest absolute Gasteiger partial charge is 0.175 e. The molecule has 0 spiro atoms. The van der Waals surface area contributed by atoms with Crippen molar-refractivity contribution in [3.8, 4) is 0 Å². The molecule has 0 aromatic rings. The van der Waals surface area contributed by atoms with Gasteiger partial charge in [0.05, 0.1) is 0 Å². The molecule has 0 aliphatic heterocycles. The van der Waals surface area contributed by atoms with Crippen LogP contribution in [0.5, 0.6) is 0 Å². The van der Waals surface area contributed by atoms with Crippen molar-refractivity contribution < 1.29 is 0 Å². The molecule has 0 aromatic heterocycles. The van der Waals surface area contributed by atoms with Crippen LogP contribution in [-0.2, 0) is 0 Å². The van der Waals surface area contributed by atoms with Gasteiger partial charge in [-0.25, -0.2) is 0 Å². The molecule has 0 bridgehead atoms. The van der Waals surface area contributed by atoms with Gasteiger partial charge in [-0.15, -0.1) is 0 Å². The second-order valence-corrected chi connectivity index (χ2v) is 2.60. The van der Waals surface area contributed by atoms with Crippen LogP contribution >= 0.6 is 12.6 Å². The fourth-order valence-corrected chi connectivity index (χ4v) is 0.548. The lowest BCUT2D eigenvalue weighted by Crippen LogP contribution is -1.74. The fraction of sp³-hybridized carbons (Fsp3) is 0.500. The van der Waals surface area contributed by atoms with Crippen LogP contribution in [-0.4, -0.2) is 5.75 Å². The molecule has 0 aromatic carbocycles. The highest BCUT2D eigenvalue weighted by Crippen LogP contribution is 1.93. The molecule has 0 fully saturated rings. The monoisotopic (exact) mass is 142 g/mol. The summed E-state index contributed by atoms with van der Waals surface area (Å²) in [5.41, 5.74) is 0. The van der Waals surface area contributed by atoms with Gasteiger partial charge in [0.15, 0.2) is 0 Å². The van der Waals surface area contributed by atoms with Gasteiger partial charge in [0, 0.05) is 5.75 Å². The summed E-state index contributed by atoms with van der Waals surface area (Å²) >= 11 is 4.02. The number of hydrogen-bond acceptors (Lipinski definition) is 1. The molecule has 0 aliphatic rings. The van der Waals surface area contributed by atoms with E-state index in [1.54, 1.807) is 0 Å². The van der Waals surface area contributed by atoms with Crippen LogP contribution in [0.4, 0.5) is 0 Å². The Labute approximate surface area is 63.1 Å². The predicted molar refractivity (Wildman–Crippen MR) is 47.0 cm³/mol. The van der Waals surface area contributed by atoms with Crippen LogP contribution in [0, 0.1) is 5.92 Å². The lowest BCUT2D eigenvalue weighted by molar-refractivity contribution is 0.832. The lowest BCUT2D eigenvalue weighted by atomic mass is 10.2. The zero-order valence-corrected chi connectivity index (χ0v) is 6.94. The first-order valence-electron chi connectivity index (χ1n) is 3.21. The van der Waals surface area contributed by atoms with E-state index in [1.165, 1.54) is 0 Å². The van der Waals surface area contributed by atoms with Gasteiger partial charge in [-0.3, -0.25) is 0 Å². The minimum Gasteiger partial charge on any atom is -0.175 e. The van der Waals surface area contributed by atoms with Gasteiger partial charge in [0.2, 0.25) is 0 Å². The Morgan fingerprint density at radius 2 is 2.00 bits per heavy atom. The quantitative estimate of drug-likeness (QED) is 0.454. The number of rotatable bonds is 3. The zero-order chi connectivity index (χ0) is 7.11. The molecule has 0 saturated carbocycles. The summed E-state index contributed by atoms with van der Waals surface area (Å²) in [6, 6.07) is 0. The van der Waals surface area contributed by atoms with E-state index < -0.39 is 0 Å². The van der Waals surface area contributed by atoms with Crippen LogP contribution in [0.2, 0.25) is 0 Å². The molecule has 0 radical (unpaired) electrons. The zero-order valence-electron chi connectivity index (χ0n) is 6.04. The first kappa shape index (κ1) is 8.83. The molecular formula is C8H14S. The van der Waals surface area contributed by atoms with E-state index in [-0.39, 0.29) is 0 Å². The van der Waals surface area contributed by atoms with Crippen molar-refractivity contribution in [2.24, 2.45) is 5.92 Å². The maximum atomic E-state index is 4.02. The van der Waals surface area contributed by atoms with E-state index in [0.717, 1.165) is 5.75 Å². The number of allylic oxidation sites excluding steroid dienone is 3. The summed E-state index contributed by atoms with van der Waals surface area (Å²) in [4.78, 5) is 0. The van der Waals surface area contributed by atoms with Gasteiger partial charge < -0.3 is 0 Å². The summed E-state index contributed by atoms with van der Waals surface area (Å²) in [5, 5.41) is 0. The highest BCUT2D eigenvalue weighted by molar-refractivity contribution is 7.80. The summed E-state index contributed by atoms with van der Waals surface area (Å²) in [6.45, 7) is 4.32. The van der Waals surface area contributed by atoms with E-state index in [2.05, 4.69) is 38.6 Å². The van der Waals surface area contributed by atoms with E-state index in [1.807, 2.05) is 12.2 Å². The summed E-state index contributed by atoms with van der Waals surface area (Å²) in [5.74, 6) is 1.47. The fourth-order valence-electron chi connectivity index (χ4n) is 0.426. The standard InChI is InChI=1S/C8H14S/c1-8(2)6-4-3-5-7-9/h3-6,8-9H,7H2,1-2H3/b5-3-,6-4+. The van der Waals surface area contributed by atoms with Crippen molar-refractivity contribution >= 4 is 12.6 Å². The molecule has 0 unspecified atom stereocenters. The van der Waals surface area contributed by atoms with Crippen molar-refractivity contribution in [1.82, 2.24) is 0 Å². The topological polar surface area (TPSA) is 0 Å². The Kier molecular flexibility index (Phi) is 5.85. The minimum atomic E-state index is 0.648. The molecule has 1 heteroatoms. The summed E-state index contributed by atoms with van der Waals surface area (Å²) < 4.78 is 0. The molecule has 9 heavy (non-hydrogen) atoms. The Bertz CT molecular complexity index is 101. The Morgan fingerprint density at radius 3 is 2.44 bits per heavy atom. The van der Waals surface area contributed by atoms with Crippen molar-refractivity contribution in [2.75, 3.05) is 5.75 Å². The second-order valence-electron chi connectivity index (χ2n) is 2.24. The van der Waals surface area contributed by atoms with Crippen LogP contribution in [0.3, 0.4) is 0 Å². The highest BCUT2D eigenvalue weighted by Gasteiger charge is 1.78. The Hall–Kier alpha value is -0.170. The molecule has 0 nitrogen and oxygen atoms in total. The predicted octanol–water partition coefficient (Wildman–Crippen LogP) is 2.68. The molecule has 0 atom stereocenters. The Balaban J connectivity index is 3.35. The maximum Gasteiger partial charge on any atom is 0.00856 e. The highest BCUT2D eigenvalue weighted by atomic mass is 32.1. The lowest BCUT2D eigenvalue weighted by Gasteiger charge is -1.88. The number of thiol groups is 1. The molecular weight excluding hydrogens is 128 g/mol. The molecule has 0 saturated heterocycles. The third-order valence-corrected chi connectivity index (χ3v) is 1.06. The SMILES string of the molecule is CC(C)/C=C/C=C\CS. The second kappa shape index (κ2) is 5.96. The van der Waals surface area contributed by atoms with E-state index in [9.17, 15) is 0 Å². The van der Waals surface area contributed by atoms with Crippen LogP contribution in [0.25, 0.3) is 0 Å². The summed E-state index contributed by atoms with van der Waals surface area (Å²) in [7, 11) is 0. The van der Waals surface area contributed by atoms with Gasteiger partial charge in [-0.05, 0) is 5.92 Å². The minimum absolute atomic E-state index is 0.648. The molecule has 52 valence electrons. The van der Waals surface area contributed by atoms with Crippen LogP contribution in [0.1, 0.15) is 13.8 Å². The average molecular weight is 142 g/mol. The van der Waals surface area contributed by atoms with Crippen LogP contribution < -0.4 is 0 Å². The number of hydrogen-bond donors (Lipinski definition) is 1. The molecule has 0 heterocycles. The van der Waals surface area contributed by atoms with Gasteiger partial charge in [0.25, 0.3) is 0 Å². The van der Waals surface area contributed by atoms with Crippen molar-refractivity contribution in [3.05, 3.63) is 24.3 Å². The molecule has 0 N–H and O–H groups in total. The maximum absolute atomic E-state index is 4.02. The smallest absolute Gasteiger partial charge is 0.00856 e. The first-order chi connectivity index (χ1) is 4.27. The van der Waals surface area contributed by atoms with Crippen LogP contribution in [0.15, 0.2) is 24.3 Å². The third-order valence-electron chi connectivity index (χ3n) is 0.849. The average Bonchev–Trinajstić information content (AvgIpc) is 1.80. The van der Waals surface area contributed by atoms with Gasteiger partial charge in [-0.2, -0.15) is 12.6 Å². The molecule has 0 rings (SSSR count). The Morgan fingerprint density at radius 1 is 1.33 bits per heavy atom.